The fourth-order valence-corrected chi connectivity index (χ4v) is 0.982. The summed E-state index contributed by atoms with van der Waals surface area (Å²) in [7, 11) is 0. The molecule has 1 aromatic carbocycles. The molecular weight excluding hydrogens is 245 g/mol. The maximum absolute atomic E-state index is 11.9. The van der Waals surface area contributed by atoms with Gasteiger partial charge in [0, 0.05) is 6.07 Å². The Bertz CT molecular complexity index is 494. The van der Waals surface area contributed by atoms with Gasteiger partial charge in [-0.2, -0.15) is 4.99 Å². The van der Waals surface area contributed by atoms with Gasteiger partial charge < -0.3 is 4.74 Å². The normalized spacial score (nSPS) is 10.5. The molecule has 0 N–H and O–H groups in total. The Morgan fingerprint density at radius 3 is 2.53 bits per heavy atom. The molecule has 0 saturated carbocycles. The van der Waals surface area contributed by atoms with E-state index in [0.717, 1.165) is 12.1 Å². The van der Waals surface area contributed by atoms with E-state index in [-0.39, 0.29) is 5.69 Å². The number of ether oxygens (including phenoxy) is 1. The summed E-state index contributed by atoms with van der Waals surface area (Å²) in [6.45, 7) is 0. The molecule has 0 aliphatic heterocycles. The average Bonchev–Trinajstić information content (AvgIpc) is 2.18. The lowest BCUT2D eigenvalue weighted by molar-refractivity contribution is -0.388. The second-order valence-corrected chi connectivity index (χ2v) is 2.66. The summed E-state index contributed by atoms with van der Waals surface area (Å²) in [5, 5.41) is 10.5. The Morgan fingerprint density at radius 2 is 2.06 bits per heavy atom. The summed E-state index contributed by atoms with van der Waals surface area (Å²) in [5.41, 5.74) is -1.14. The Labute approximate surface area is 91.5 Å². The van der Waals surface area contributed by atoms with Crippen molar-refractivity contribution in [3.8, 4) is 5.75 Å². The number of hydrogen-bond donors (Lipinski definition) is 0. The summed E-state index contributed by atoms with van der Waals surface area (Å²) in [5.74, 6) is -0.979. The molecule has 1 rings (SSSR count). The fraction of sp³-hybridized carbons (Fsp3) is 0.125. The van der Waals surface area contributed by atoms with Crippen LogP contribution in [0.4, 0.5) is 24.5 Å². The second-order valence-electron chi connectivity index (χ2n) is 2.66. The molecule has 1 aromatic rings. The van der Waals surface area contributed by atoms with Gasteiger partial charge in [-0.1, -0.05) is 0 Å². The number of rotatable bonds is 3. The van der Waals surface area contributed by atoms with Gasteiger partial charge in [0.2, 0.25) is 11.8 Å². The highest BCUT2D eigenvalue weighted by molar-refractivity contribution is 5.59. The summed E-state index contributed by atoms with van der Waals surface area (Å²) in [6, 6.07) is 2.33. The summed E-state index contributed by atoms with van der Waals surface area (Å²) in [4.78, 5) is 22.3. The average molecular weight is 248 g/mol. The molecular formula is C8H3F3N2O4. The highest BCUT2D eigenvalue weighted by atomic mass is 19.4. The van der Waals surface area contributed by atoms with Crippen LogP contribution in [-0.2, 0) is 4.79 Å². The number of alkyl halides is 3. The standard InChI is InChI=1S/C8H3F3N2O4/c9-8(10,11)17-7-2-1-5(12-4-14)3-6(7)13(15)16/h1-3H. The highest BCUT2D eigenvalue weighted by Crippen LogP contribution is 2.34. The van der Waals surface area contributed by atoms with Crippen LogP contribution in [0.5, 0.6) is 5.75 Å². The summed E-state index contributed by atoms with van der Waals surface area (Å²) in [6.07, 6.45) is -3.93. The molecule has 0 bridgehead atoms. The first kappa shape index (κ1) is 12.7. The molecule has 0 aromatic heterocycles. The lowest BCUT2D eigenvalue weighted by atomic mass is 10.2. The van der Waals surface area contributed by atoms with Crippen molar-refractivity contribution in [1.29, 1.82) is 0 Å². The molecule has 0 radical (unpaired) electrons. The molecule has 0 fully saturated rings. The van der Waals surface area contributed by atoms with Crippen molar-refractivity contribution in [2.24, 2.45) is 4.99 Å². The number of nitro benzene ring substituents is 1. The van der Waals surface area contributed by atoms with E-state index < -0.39 is 22.7 Å². The zero-order valence-electron chi connectivity index (χ0n) is 7.89. The van der Waals surface area contributed by atoms with Gasteiger partial charge in [-0.25, -0.2) is 4.79 Å². The lowest BCUT2D eigenvalue weighted by Gasteiger charge is -2.08. The van der Waals surface area contributed by atoms with Crippen molar-refractivity contribution in [2.45, 2.75) is 6.36 Å². The number of benzene rings is 1. The van der Waals surface area contributed by atoms with Crippen molar-refractivity contribution >= 4 is 17.5 Å². The van der Waals surface area contributed by atoms with Gasteiger partial charge in [0.05, 0.1) is 10.6 Å². The fourth-order valence-electron chi connectivity index (χ4n) is 0.982. The van der Waals surface area contributed by atoms with E-state index in [0.29, 0.717) is 12.1 Å². The van der Waals surface area contributed by atoms with E-state index in [1.807, 2.05) is 0 Å². The van der Waals surface area contributed by atoms with Gasteiger partial charge >= 0.3 is 12.0 Å². The van der Waals surface area contributed by atoms with Crippen molar-refractivity contribution in [3.05, 3.63) is 28.3 Å². The lowest BCUT2D eigenvalue weighted by Crippen LogP contribution is -2.17. The molecule has 90 valence electrons. The van der Waals surface area contributed by atoms with Crippen LogP contribution in [-0.4, -0.2) is 17.4 Å². The van der Waals surface area contributed by atoms with E-state index >= 15 is 0 Å². The first-order chi connectivity index (χ1) is 7.83. The highest BCUT2D eigenvalue weighted by Gasteiger charge is 2.34. The third-order valence-corrected chi connectivity index (χ3v) is 1.54. The molecule has 0 saturated heterocycles. The maximum Gasteiger partial charge on any atom is 0.573 e. The second kappa shape index (κ2) is 4.62. The Hall–Kier alpha value is -2.41. The first-order valence-corrected chi connectivity index (χ1v) is 3.95. The van der Waals surface area contributed by atoms with Crippen LogP contribution in [0.2, 0.25) is 0 Å². The molecule has 0 aliphatic rings. The Kier molecular flexibility index (Phi) is 3.44. The minimum atomic E-state index is -5.04. The number of carbonyl (C=O) groups excluding carboxylic acids is 1. The predicted octanol–water partition coefficient (Wildman–Crippen LogP) is 2.46. The molecule has 0 spiro atoms. The smallest absolute Gasteiger partial charge is 0.398 e. The third-order valence-electron chi connectivity index (χ3n) is 1.54. The summed E-state index contributed by atoms with van der Waals surface area (Å²) >= 11 is 0. The molecule has 0 aliphatic carbocycles. The van der Waals surface area contributed by atoms with Gasteiger partial charge in [0.25, 0.3) is 0 Å². The monoisotopic (exact) mass is 248 g/mol. The van der Waals surface area contributed by atoms with Crippen LogP contribution < -0.4 is 4.74 Å². The van der Waals surface area contributed by atoms with Crippen molar-refractivity contribution in [2.75, 3.05) is 0 Å². The van der Waals surface area contributed by atoms with E-state index in [1.165, 1.54) is 0 Å². The number of nitro groups is 1. The molecule has 9 heteroatoms. The van der Waals surface area contributed by atoms with Gasteiger partial charge in [-0.05, 0) is 12.1 Å². The molecule has 0 amide bonds. The summed E-state index contributed by atoms with van der Waals surface area (Å²) < 4.78 is 39.2. The SMILES string of the molecule is O=C=Nc1ccc(OC(F)(F)F)c([N+](=O)[O-])c1. The first-order valence-electron chi connectivity index (χ1n) is 3.95. The Morgan fingerprint density at radius 1 is 1.41 bits per heavy atom. The van der Waals surface area contributed by atoms with Crippen LogP contribution >= 0.6 is 0 Å². The molecule has 0 atom stereocenters. The maximum atomic E-state index is 11.9. The molecule has 6 nitrogen and oxygen atoms in total. The van der Waals surface area contributed by atoms with E-state index in [2.05, 4.69) is 9.73 Å². The Balaban J connectivity index is 3.22. The topological polar surface area (TPSA) is 81.8 Å². The van der Waals surface area contributed by atoms with E-state index in [9.17, 15) is 28.1 Å². The zero-order chi connectivity index (χ0) is 13.1. The van der Waals surface area contributed by atoms with Crippen LogP contribution in [0.25, 0.3) is 0 Å². The van der Waals surface area contributed by atoms with Gasteiger partial charge in [0.1, 0.15) is 0 Å². The predicted molar refractivity (Wildman–Crippen MR) is 47.6 cm³/mol. The van der Waals surface area contributed by atoms with Crippen LogP contribution in [0.3, 0.4) is 0 Å². The minimum Gasteiger partial charge on any atom is -0.398 e. The van der Waals surface area contributed by atoms with E-state index in [1.54, 1.807) is 0 Å². The minimum absolute atomic E-state index is 0.193. The largest absolute Gasteiger partial charge is 0.573 e. The number of isocyanates is 1. The van der Waals surface area contributed by atoms with Crippen molar-refractivity contribution < 1.29 is 27.6 Å². The number of halogens is 3. The molecule has 0 heterocycles. The third kappa shape index (κ3) is 3.58. The van der Waals surface area contributed by atoms with Gasteiger partial charge in [-0.3, -0.25) is 10.1 Å². The van der Waals surface area contributed by atoms with Crippen LogP contribution in [0.1, 0.15) is 0 Å². The molecule has 0 unspecified atom stereocenters. The number of nitrogens with zero attached hydrogens (tertiary/aromatic N) is 2. The van der Waals surface area contributed by atoms with Crippen molar-refractivity contribution in [1.82, 2.24) is 0 Å². The van der Waals surface area contributed by atoms with Crippen molar-refractivity contribution in [3.63, 3.8) is 0 Å². The van der Waals surface area contributed by atoms with Crippen LogP contribution in [0, 0.1) is 10.1 Å². The quantitative estimate of drug-likeness (QED) is 0.356. The van der Waals surface area contributed by atoms with Gasteiger partial charge in [-0.15, -0.1) is 13.2 Å². The van der Waals surface area contributed by atoms with Gasteiger partial charge in [0.15, 0.2) is 0 Å². The number of aliphatic imine (C=N–C) groups is 1. The van der Waals surface area contributed by atoms with E-state index in [4.69, 9.17) is 0 Å². The number of hydrogen-bond acceptors (Lipinski definition) is 5. The van der Waals surface area contributed by atoms with Crippen LogP contribution in [0.15, 0.2) is 23.2 Å². The zero-order valence-corrected chi connectivity index (χ0v) is 7.89. The molecule has 17 heavy (non-hydrogen) atoms.